The average Bonchev–Trinajstić information content (AvgIpc) is 3.21. The topological polar surface area (TPSA) is 66.1 Å². The summed E-state index contributed by atoms with van der Waals surface area (Å²) in [5.74, 6) is -1.38. The highest BCUT2D eigenvalue weighted by atomic mass is 19.4. The quantitative estimate of drug-likeness (QED) is 0.602. The zero-order chi connectivity index (χ0) is 20.8. The fraction of sp³-hybridized carbons (Fsp3) is 0.450. The predicted octanol–water partition coefficient (Wildman–Crippen LogP) is 3.83. The number of aromatic nitrogens is 2. The van der Waals surface area contributed by atoms with E-state index >= 15 is 0 Å². The summed E-state index contributed by atoms with van der Waals surface area (Å²) in [6.45, 7) is 1.49. The molecule has 4 rings (SSSR count). The Balaban J connectivity index is 1.57. The molecule has 0 atom stereocenters. The van der Waals surface area contributed by atoms with Gasteiger partial charge in [0.05, 0.1) is 5.56 Å². The van der Waals surface area contributed by atoms with Gasteiger partial charge < -0.3 is 4.90 Å². The number of benzene rings is 1. The summed E-state index contributed by atoms with van der Waals surface area (Å²) in [5.41, 5.74) is -2.08. The number of Topliss-reactive ketones (excluding diaryl/α,β-unsaturated/α-hetero) is 1. The van der Waals surface area contributed by atoms with Gasteiger partial charge in [-0.25, -0.2) is 9.37 Å². The van der Waals surface area contributed by atoms with E-state index in [0.29, 0.717) is 30.4 Å². The van der Waals surface area contributed by atoms with Crippen LogP contribution in [0.5, 0.6) is 0 Å². The molecule has 2 fully saturated rings. The summed E-state index contributed by atoms with van der Waals surface area (Å²) in [6, 6.07) is 3.94. The smallest absolute Gasteiger partial charge is 0.342 e. The third-order valence-corrected chi connectivity index (χ3v) is 5.66. The monoisotopic (exact) mass is 409 g/mol. The molecule has 9 heteroatoms. The van der Waals surface area contributed by atoms with Gasteiger partial charge in [-0.3, -0.25) is 14.6 Å². The molecular weight excluding hydrogens is 390 g/mol. The van der Waals surface area contributed by atoms with Crippen LogP contribution >= 0.6 is 0 Å². The summed E-state index contributed by atoms with van der Waals surface area (Å²) >= 11 is 0. The minimum Gasteiger partial charge on any atom is -0.342 e. The molecule has 29 heavy (non-hydrogen) atoms. The Kier molecular flexibility index (Phi) is 4.71. The van der Waals surface area contributed by atoms with Gasteiger partial charge in [0.1, 0.15) is 11.5 Å². The Morgan fingerprint density at radius 1 is 1.17 bits per heavy atom. The van der Waals surface area contributed by atoms with Gasteiger partial charge in [0.2, 0.25) is 5.95 Å². The van der Waals surface area contributed by atoms with Gasteiger partial charge in [-0.1, -0.05) is 6.07 Å². The molecule has 0 unspecified atom stereocenters. The maximum atomic E-state index is 14.0. The first-order valence-electron chi connectivity index (χ1n) is 9.45. The van der Waals surface area contributed by atoms with Crippen molar-refractivity contribution in [3.8, 4) is 0 Å². The minimum atomic E-state index is -4.77. The third-order valence-electron chi connectivity index (χ3n) is 5.66. The van der Waals surface area contributed by atoms with Gasteiger partial charge in [-0.05, 0) is 43.4 Å². The number of carbonyl (C=O) groups is 1. The zero-order valence-electron chi connectivity index (χ0n) is 15.5. The van der Waals surface area contributed by atoms with E-state index < -0.39 is 28.5 Å². The molecule has 2 aliphatic rings. The summed E-state index contributed by atoms with van der Waals surface area (Å²) in [4.78, 5) is 33.6. The Hall–Kier alpha value is -2.71. The van der Waals surface area contributed by atoms with Crippen LogP contribution in [-0.4, -0.2) is 28.8 Å². The number of alkyl halides is 3. The summed E-state index contributed by atoms with van der Waals surface area (Å²) in [7, 11) is 0. The van der Waals surface area contributed by atoms with Crippen LogP contribution < -0.4 is 10.5 Å². The van der Waals surface area contributed by atoms with E-state index in [1.807, 2.05) is 4.90 Å². The van der Waals surface area contributed by atoms with Crippen molar-refractivity contribution in [1.82, 2.24) is 9.97 Å². The fourth-order valence-corrected chi connectivity index (χ4v) is 3.86. The van der Waals surface area contributed by atoms with Crippen molar-refractivity contribution in [2.75, 3.05) is 18.0 Å². The lowest BCUT2D eigenvalue weighted by Gasteiger charge is -2.18. The van der Waals surface area contributed by atoms with Crippen LogP contribution in [0.25, 0.3) is 0 Å². The number of H-pyrrole nitrogens is 1. The highest BCUT2D eigenvalue weighted by molar-refractivity contribution is 5.95. The van der Waals surface area contributed by atoms with E-state index in [0.717, 1.165) is 38.1 Å². The van der Waals surface area contributed by atoms with E-state index in [9.17, 15) is 27.2 Å². The van der Waals surface area contributed by atoms with E-state index in [1.54, 1.807) is 0 Å². The first-order chi connectivity index (χ1) is 13.7. The van der Waals surface area contributed by atoms with Crippen LogP contribution in [0.4, 0.5) is 23.5 Å². The molecule has 1 N–H and O–H groups in total. The summed E-state index contributed by atoms with van der Waals surface area (Å²) in [6.07, 6.45) is -1.73. The Morgan fingerprint density at radius 2 is 1.86 bits per heavy atom. The van der Waals surface area contributed by atoms with Gasteiger partial charge in [0.25, 0.3) is 5.56 Å². The highest BCUT2D eigenvalue weighted by Gasteiger charge is 2.47. The second kappa shape index (κ2) is 6.96. The molecule has 1 saturated heterocycles. The van der Waals surface area contributed by atoms with Crippen LogP contribution in [0.15, 0.2) is 29.1 Å². The predicted molar refractivity (Wildman–Crippen MR) is 97.6 cm³/mol. The number of ketones is 1. The molecule has 2 aromatic rings. The Morgan fingerprint density at radius 3 is 2.45 bits per heavy atom. The van der Waals surface area contributed by atoms with Gasteiger partial charge in [0, 0.05) is 31.0 Å². The molecule has 1 aromatic heterocycles. The molecule has 0 bridgehead atoms. The largest absolute Gasteiger partial charge is 0.419 e. The number of hydrogen-bond acceptors (Lipinski definition) is 4. The van der Waals surface area contributed by atoms with Gasteiger partial charge in [0.15, 0.2) is 5.78 Å². The number of hydrogen-bond donors (Lipinski definition) is 1. The molecule has 0 amide bonds. The van der Waals surface area contributed by atoms with Crippen molar-refractivity contribution in [2.45, 2.75) is 43.7 Å². The standard InChI is InChI=1S/C20H19F4N3O2/c21-14-9-12(3-4-13(14)20(22,23)24)19(5-6-19)11-16(28)15-10-17(29)26-18(25-15)27-7-1-2-8-27/h3-4,9-10H,1-2,5-8,11H2,(H,25,26,29). The van der Waals surface area contributed by atoms with Crippen molar-refractivity contribution in [3.63, 3.8) is 0 Å². The number of carbonyl (C=O) groups excluding carboxylic acids is 1. The average molecular weight is 409 g/mol. The van der Waals surface area contributed by atoms with Crippen molar-refractivity contribution < 1.29 is 22.4 Å². The van der Waals surface area contributed by atoms with Crippen molar-refractivity contribution in [1.29, 1.82) is 0 Å². The minimum absolute atomic E-state index is 0.0225. The Labute approximate surface area is 163 Å². The second-order valence-electron chi connectivity index (χ2n) is 7.72. The first kappa shape index (κ1) is 19.6. The van der Waals surface area contributed by atoms with E-state index in [-0.39, 0.29) is 17.9 Å². The van der Waals surface area contributed by atoms with Crippen LogP contribution in [0.2, 0.25) is 0 Å². The molecule has 2 heterocycles. The molecule has 0 spiro atoms. The molecule has 1 saturated carbocycles. The lowest BCUT2D eigenvalue weighted by Crippen LogP contribution is -2.26. The fourth-order valence-electron chi connectivity index (χ4n) is 3.86. The third kappa shape index (κ3) is 3.90. The first-order valence-corrected chi connectivity index (χ1v) is 9.45. The van der Waals surface area contributed by atoms with E-state index in [4.69, 9.17) is 0 Å². The molecule has 154 valence electrons. The second-order valence-corrected chi connectivity index (χ2v) is 7.72. The maximum Gasteiger partial charge on any atom is 0.419 e. The lowest BCUT2D eigenvalue weighted by atomic mass is 9.89. The van der Waals surface area contributed by atoms with Gasteiger partial charge in [-0.15, -0.1) is 0 Å². The molecule has 1 aliphatic heterocycles. The van der Waals surface area contributed by atoms with Crippen molar-refractivity contribution in [2.24, 2.45) is 0 Å². The Bertz CT molecular complexity index is 1010. The van der Waals surface area contributed by atoms with Crippen LogP contribution in [0.3, 0.4) is 0 Å². The number of halogens is 4. The van der Waals surface area contributed by atoms with E-state index in [2.05, 4.69) is 9.97 Å². The van der Waals surface area contributed by atoms with Gasteiger partial charge >= 0.3 is 6.18 Å². The number of rotatable bonds is 5. The lowest BCUT2D eigenvalue weighted by molar-refractivity contribution is -0.140. The number of nitrogens with zero attached hydrogens (tertiary/aromatic N) is 2. The number of anilines is 1. The maximum absolute atomic E-state index is 14.0. The van der Waals surface area contributed by atoms with Crippen molar-refractivity contribution in [3.05, 3.63) is 57.3 Å². The molecule has 1 aliphatic carbocycles. The zero-order valence-corrected chi connectivity index (χ0v) is 15.5. The molecule has 5 nitrogen and oxygen atoms in total. The van der Waals surface area contributed by atoms with Crippen LogP contribution in [0.1, 0.15) is 53.7 Å². The molecule has 1 aromatic carbocycles. The van der Waals surface area contributed by atoms with E-state index in [1.165, 1.54) is 6.07 Å². The normalized spacial score (nSPS) is 18.1. The number of nitrogens with one attached hydrogen (secondary N) is 1. The van der Waals surface area contributed by atoms with Crippen LogP contribution in [-0.2, 0) is 11.6 Å². The molecule has 0 radical (unpaired) electrons. The highest BCUT2D eigenvalue weighted by Crippen LogP contribution is 2.52. The van der Waals surface area contributed by atoms with Crippen LogP contribution in [0, 0.1) is 5.82 Å². The molecular formula is C20H19F4N3O2. The van der Waals surface area contributed by atoms with Crippen molar-refractivity contribution >= 4 is 11.7 Å². The van der Waals surface area contributed by atoms with Gasteiger partial charge in [-0.2, -0.15) is 13.2 Å². The summed E-state index contributed by atoms with van der Waals surface area (Å²) < 4.78 is 52.3. The SMILES string of the molecule is O=C(CC1(c2ccc(C(F)(F)F)c(F)c2)CC1)c1cc(=O)[nH]c(N2CCCC2)n1. The number of aromatic amines is 1. The summed E-state index contributed by atoms with van der Waals surface area (Å²) in [5, 5.41) is 0.